The lowest BCUT2D eigenvalue weighted by Gasteiger charge is -2.21. The van der Waals surface area contributed by atoms with E-state index in [9.17, 15) is 4.79 Å². The van der Waals surface area contributed by atoms with E-state index < -0.39 is 0 Å². The minimum atomic E-state index is -0.159. The van der Waals surface area contributed by atoms with Gasteiger partial charge >= 0.3 is 0 Å². The highest BCUT2D eigenvalue weighted by molar-refractivity contribution is 6.30. The maximum atomic E-state index is 13.1. The molecule has 1 saturated heterocycles. The van der Waals surface area contributed by atoms with Crippen molar-refractivity contribution in [3.63, 3.8) is 0 Å². The van der Waals surface area contributed by atoms with E-state index in [1.54, 1.807) is 12.4 Å². The lowest BCUT2D eigenvalue weighted by molar-refractivity contribution is 0.315. The number of rotatable bonds is 4. The maximum Gasteiger partial charge on any atom is 0.279 e. The van der Waals surface area contributed by atoms with Gasteiger partial charge in [0, 0.05) is 29.5 Å². The minimum absolute atomic E-state index is 0.159. The molecular weight excluding hydrogens is 422 g/mol. The van der Waals surface area contributed by atoms with Crippen LogP contribution in [0.4, 0.5) is 5.82 Å². The van der Waals surface area contributed by atoms with Crippen LogP contribution in [0.5, 0.6) is 0 Å². The topological polar surface area (TPSA) is 54.3 Å². The number of halogens is 1. The van der Waals surface area contributed by atoms with Gasteiger partial charge in [-0.1, -0.05) is 29.8 Å². The fraction of sp³-hybridized carbons (Fsp3) is 0.240. The molecule has 2 aromatic heterocycles. The Kier molecular flexibility index (Phi) is 5.41. The third-order valence-electron chi connectivity index (χ3n) is 6.16. The molecule has 5 rings (SSSR count). The zero-order valence-corrected chi connectivity index (χ0v) is 18.8. The zero-order valence-electron chi connectivity index (χ0n) is 18.1. The summed E-state index contributed by atoms with van der Waals surface area (Å²) in [6.07, 6.45) is 4.58. The van der Waals surface area contributed by atoms with Gasteiger partial charge in [0.15, 0.2) is 0 Å². The second kappa shape index (κ2) is 8.37. The lowest BCUT2D eigenvalue weighted by Crippen LogP contribution is -2.31. The van der Waals surface area contributed by atoms with Crippen molar-refractivity contribution in [3.05, 3.63) is 82.4 Å². The SMILES string of the molecule is CN(C)[C@H]1CCN(c2ccc(-n3ncc4cc(-c5ccc(Cl)cc5)ccc4c3=O)cn2)C1. The molecule has 0 bridgehead atoms. The van der Waals surface area contributed by atoms with Crippen molar-refractivity contribution in [3.8, 4) is 16.8 Å². The number of likely N-dealkylation sites (N-methyl/N-ethyl adjacent to an activating group) is 1. The highest BCUT2D eigenvalue weighted by Crippen LogP contribution is 2.25. The van der Waals surface area contributed by atoms with Crippen molar-refractivity contribution in [2.75, 3.05) is 32.1 Å². The summed E-state index contributed by atoms with van der Waals surface area (Å²) in [6.45, 7) is 1.95. The molecule has 0 saturated carbocycles. The third kappa shape index (κ3) is 3.87. The molecule has 1 aliphatic rings. The van der Waals surface area contributed by atoms with Gasteiger partial charge in [0.2, 0.25) is 0 Å². The van der Waals surface area contributed by atoms with Gasteiger partial charge < -0.3 is 9.80 Å². The first-order chi connectivity index (χ1) is 15.5. The molecule has 2 aromatic carbocycles. The normalized spacial score (nSPS) is 16.2. The summed E-state index contributed by atoms with van der Waals surface area (Å²) < 4.78 is 1.41. The number of hydrogen-bond acceptors (Lipinski definition) is 5. The van der Waals surface area contributed by atoms with Gasteiger partial charge in [-0.25, -0.2) is 4.98 Å². The monoisotopic (exact) mass is 445 g/mol. The Balaban J connectivity index is 1.43. The minimum Gasteiger partial charge on any atom is -0.355 e. The summed E-state index contributed by atoms with van der Waals surface area (Å²) in [6, 6.07) is 17.8. The Morgan fingerprint density at radius 1 is 1.00 bits per heavy atom. The second-order valence-electron chi connectivity index (χ2n) is 8.40. The smallest absolute Gasteiger partial charge is 0.279 e. The quantitative estimate of drug-likeness (QED) is 0.470. The van der Waals surface area contributed by atoms with Gasteiger partial charge in [0.05, 0.1) is 23.5 Å². The van der Waals surface area contributed by atoms with Crippen molar-refractivity contribution in [2.24, 2.45) is 0 Å². The van der Waals surface area contributed by atoms with Crippen LogP contribution in [0.15, 0.2) is 71.8 Å². The summed E-state index contributed by atoms with van der Waals surface area (Å²) >= 11 is 5.99. The number of anilines is 1. The molecule has 1 aliphatic heterocycles. The molecule has 7 heteroatoms. The Morgan fingerprint density at radius 2 is 1.78 bits per heavy atom. The molecule has 0 spiro atoms. The largest absolute Gasteiger partial charge is 0.355 e. The van der Waals surface area contributed by atoms with Crippen molar-refractivity contribution in [1.82, 2.24) is 19.7 Å². The van der Waals surface area contributed by atoms with Crippen LogP contribution in [-0.4, -0.2) is 52.9 Å². The standard InChI is InChI=1S/C25H24ClN5O/c1-29(2)22-11-12-30(16-22)24-10-8-21(15-27-24)31-25(32)23-9-5-18(13-19(23)14-28-31)17-3-6-20(26)7-4-17/h3-10,13-15,22H,11-12,16H2,1-2H3/t22-/m0/s1. The van der Waals surface area contributed by atoms with Crippen molar-refractivity contribution in [1.29, 1.82) is 0 Å². The van der Waals surface area contributed by atoms with E-state index in [4.69, 9.17) is 11.6 Å². The fourth-order valence-electron chi connectivity index (χ4n) is 4.22. The van der Waals surface area contributed by atoms with E-state index in [0.29, 0.717) is 22.1 Å². The predicted molar refractivity (Wildman–Crippen MR) is 130 cm³/mol. The Labute approximate surface area is 191 Å². The van der Waals surface area contributed by atoms with Crippen LogP contribution in [0.25, 0.3) is 27.6 Å². The fourth-order valence-corrected chi connectivity index (χ4v) is 4.34. The van der Waals surface area contributed by atoms with Crippen LogP contribution >= 0.6 is 11.6 Å². The first kappa shape index (κ1) is 20.7. The second-order valence-corrected chi connectivity index (χ2v) is 8.83. The van der Waals surface area contributed by atoms with E-state index in [1.807, 2.05) is 54.6 Å². The van der Waals surface area contributed by atoms with Gasteiger partial charge in [-0.05, 0) is 68.0 Å². The van der Waals surface area contributed by atoms with E-state index in [1.165, 1.54) is 4.68 Å². The van der Waals surface area contributed by atoms with Gasteiger partial charge in [0.25, 0.3) is 5.56 Å². The molecule has 0 unspecified atom stereocenters. The van der Waals surface area contributed by atoms with Gasteiger partial charge in [0.1, 0.15) is 5.82 Å². The van der Waals surface area contributed by atoms with Crippen molar-refractivity contribution < 1.29 is 0 Å². The molecule has 0 N–H and O–H groups in total. The molecular formula is C25H24ClN5O. The molecule has 3 heterocycles. The van der Waals surface area contributed by atoms with Crippen LogP contribution in [0.3, 0.4) is 0 Å². The number of nitrogens with zero attached hydrogens (tertiary/aromatic N) is 5. The Morgan fingerprint density at radius 3 is 2.47 bits per heavy atom. The predicted octanol–water partition coefficient (Wildman–Crippen LogP) is 4.24. The highest BCUT2D eigenvalue weighted by atomic mass is 35.5. The van der Waals surface area contributed by atoms with E-state index in [-0.39, 0.29) is 5.56 Å². The summed E-state index contributed by atoms with van der Waals surface area (Å²) in [7, 11) is 4.22. The molecule has 1 atom stereocenters. The molecule has 0 amide bonds. The van der Waals surface area contributed by atoms with E-state index in [0.717, 1.165) is 41.8 Å². The molecule has 162 valence electrons. The van der Waals surface area contributed by atoms with E-state index >= 15 is 0 Å². The average molecular weight is 446 g/mol. The lowest BCUT2D eigenvalue weighted by atomic mass is 10.0. The van der Waals surface area contributed by atoms with Gasteiger partial charge in [-0.15, -0.1) is 0 Å². The first-order valence-electron chi connectivity index (χ1n) is 10.7. The summed E-state index contributed by atoms with van der Waals surface area (Å²) in [5.74, 6) is 0.930. The van der Waals surface area contributed by atoms with Crippen LogP contribution in [-0.2, 0) is 0 Å². The number of aromatic nitrogens is 3. The van der Waals surface area contributed by atoms with Crippen LogP contribution in [0.2, 0.25) is 5.02 Å². The van der Waals surface area contributed by atoms with Crippen LogP contribution < -0.4 is 10.5 Å². The Hall–Kier alpha value is -3.22. The maximum absolute atomic E-state index is 13.1. The Bertz CT molecular complexity index is 1320. The molecule has 32 heavy (non-hydrogen) atoms. The number of pyridine rings is 1. The number of hydrogen-bond donors (Lipinski definition) is 0. The van der Waals surface area contributed by atoms with Crippen LogP contribution in [0, 0.1) is 0 Å². The molecule has 0 aliphatic carbocycles. The average Bonchev–Trinajstić information content (AvgIpc) is 3.31. The number of benzene rings is 2. The third-order valence-corrected chi connectivity index (χ3v) is 6.41. The van der Waals surface area contributed by atoms with Crippen molar-refractivity contribution in [2.45, 2.75) is 12.5 Å². The summed E-state index contributed by atoms with van der Waals surface area (Å²) in [4.78, 5) is 22.3. The molecule has 6 nitrogen and oxygen atoms in total. The van der Waals surface area contributed by atoms with Crippen LogP contribution in [0.1, 0.15) is 6.42 Å². The zero-order chi connectivity index (χ0) is 22.2. The van der Waals surface area contributed by atoms with E-state index in [2.05, 4.69) is 34.0 Å². The molecule has 0 radical (unpaired) electrons. The summed E-state index contributed by atoms with van der Waals surface area (Å²) in [5, 5.41) is 6.53. The molecule has 4 aromatic rings. The van der Waals surface area contributed by atoms with Crippen molar-refractivity contribution >= 4 is 28.2 Å². The number of fused-ring (bicyclic) bond motifs is 1. The highest BCUT2D eigenvalue weighted by Gasteiger charge is 2.24. The first-order valence-corrected chi connectivity index (χ1v) is 11.0. The molecule has 1 fully saturated rings. The summed E-state index contributed by atoms with van der Waals surface area (Å²) in [5.41, 5.74) is 2.55. The van der Waals surface area contributed by atoms with Gasteiger partial charge in [-0.2, -0.15) is 9.78 Å². The van der Waals surface area contributed by atoms with Gasteiger partial charge in [-0.3, -0.25) is 4.79 Å².